The summed E-state index contributed by atoms with van der Waals surface area (Å²) in [6.45, 7) is 0.680. The molecule has 2 aromatic heterocycles. The molecular formula is C9H10N6. The van der Waals surface area contributed by atoms with Crippen LogP contribution in [0, 0.1) is 11.3 Å². The van der Waals surface area contributed by atoms with Gasteiger partial charge in [-0.2, -0.15) is 5.26 Å². The van der Waals surface area contributed by atoms with E-state index in [1.54, 1.807) is 17.2 Å². The summed E-state index contributed by atoms with van der Waals surface area (Å²) in [5, 5.41) is 12.5. The maximum absolute atomic E-state index is 8.54. The topological polar surface area (TPSA) is 72.3 Å². The summed E-state index contributed by atoms with van der Waals surface area (Å²) < 4.78 is 3.61. The molecule has 0 aliphatic carbocycles. The number of aryl methyl sites for hydroxylation is 3. The van der Waals surface area contributed by atoms with Gasteiger partial charge in [0, 0.05) is 32.4 Å². The second-order valence-electron chi connectivity index (χ2n) is 3.15. The largest absolute Gasteiger partial charge is 0.338 e. The standard InChI is InChI=1S/C9H10N6/c1-14-5-3-11-9(14)2-4-15-7-12-8(6-10)13-15/h3,5,7H,2,4H2,1H3. The van der Waals surface area contributed by atoms with Gasteiger partial charge in [-0.05, 0) is 0 Å². The van der Waals surface area contributed by atoms with Gasteiger partial charge in [0.15, 0.2) is 0 Å². The Kier molecular flexibility index (Phi) is 2.46. The average molecular weight is 202 g/mol. The van der Waals surface area contributed by atoms with E-state index in [0.29, 0.717) is 6.54 Å². The molecule has 15 heavy (non-hydrogen) atoms. The van der Waals surface area contributed by atoms with Crippen molar-refractivity contribution in [1.82, 2.24) is 24.3 Å². The second kappa shape index (κ2) is 3.92. The number of imidazole rings is 1. The zero-order valence-electron chi connectivity index (χ0n) is 8.33. The first kappa shape index (κ1) is 9.40. The summed E-state index contributed by atoms with van der Waals surface area (Å²) in [6, 6.07) is 1.89. The van der Waals surface area contributed by atoms with Crippen LogP contribution in [0.25, 0.3) is 0 Å². The molecule has 0 N–H and O–H groups in total. The number of rotatable bonds is 3. The predicted octanol–water partition coefficient (Wildman–Crippen LogP) is 0.126. The third-order valence-electron chi connectivity index (χ3n) is 2.12. The van der Waals surface area contributed by atoms with Crippen molar-refractivity contribution >= 4 is 0 Å². The molecule has 0 amide bonds. The number of hydrogen-bond acceptors (Lipinski definition) is 4. The Morgan fingerprint density at radius 3 is 2.93 bits per heavy atom. The lowest BCUT2D eigenvalue weighted by molar-refractivity contribution is 0.587. The zero-order valence-corrected chi connectivity index (χ0v) is 8.33. The van der Waals surface area contributed by atoms with Gasteiger partial charge in [-0.1, -0.05) is 0 Å². The number of nitrogens with zero attached hydrogens (tertiary/aromatic N) is 6. The van der Waals surface area contributed by atoms with Crippen LogP contribution in [-0.2, 0) is 20.0 Å². The molecule has 0 aliphatic rings. The van der Waals surface area contributed by atoms with E-state index in [1.165, 1.54) is 0 Å². The lowest BCUT2D eigenvalue weighted by Crippen LogP contribution is -2.06. The van der Waals surface area contributed by atoms with Crippen LogP contribution in [0.5, 0.6) is 0 Å². The van der Waals surface area contributed by atoms with Gasteiger partial charge in [-0.25, -0.2) is 9.97 Å². The molecule has 6 nitrogen and oxygen atoms in total. The summed E-state index contributed by atoms with van der Waals surface area (Å²) in [4.78, 5) is 8.01. The van der Waals surface area contributed by atoms with Crippen LogP contribution in [0.1, 0.15) is 11.6 Å². The van der Waals surface area contributed by atoms with Crippen LogP contribution in [0.2, 0.25) is 0 Å². The van der Waals surface area contributed by atoms with E-state index < -0.39 is 0 Å². The van der Waals surface area contributed by atoms with Gasteiger partial charge in [0.1, 0.15) is 18.2 Å². The first-order chi connectivity index (χ1) is 7.29. The van der Waals surface area contributed by atoms with Crippen molar-refractivity contribution in [2.24, 2.45) is 7.05 Å². The van der Waals surface area contributed by atoms with Crippen molar-refractivity contribution in [2.45, 2.75) is 13.0 Å². The first-order valence-corrected chi connectivity index (χ1v) is 4.55. The molecule has 2 rings (SSSR count). The van der Waals surface area contributed by atoms with Crippen molar-refractivity contribution in [2.75, 3.05) is 0 Å². The highest BCUT2D eigenvalue weighted by atomic mass is 15.3. The normalized spacial score (nSPS) is 10.1. The molecule has 0 atom stereocenters. The Hall–Kier alpha value is -2.16. The average Bonchev–Trinajstić information content (AvgIpc) is 2.84. The quantitative estimate of drug-likeness (QED) is 0.709. The van der Waals surface area contributed by atoms with Crippen LogP contribution in [0.15, 0.2) is 18.7 Å². The first-order valence-electron chi connectivity index (χ1n) is 4.55. The minimum Gasteiger partial charge on any atom is -0.338 e. The van der Waals surface area contributed by atoms with Crippen LogP contribution < -0.4 is 0 Å². The molecule has 0 bridgehead atoms. The monoisotopic (exact) mass is 202 g/mol. The highest BCUT2D eigenvalue weighted by Gasteiger charge is 2.02. The van der Waals surface area contributed by atoms with Crippen LogP contribution >= 0.6 is 0 Å². The van der Waals surface area contributed by atoms with E-state index in [9.17, 15) is 0 Å². The Labute approximate surface area is 86.8 Å². The van der Waals surface area contributed by atoms with E-state index in [4.69, 9.17) is 5.26 Å². The Morgan fingerprint density at radius 1 is 1.47 bits per heavy atom. The lowest BCUT2D eigenvalue weighted by atomic mass is 10.4. The zero-order chi connectivity index (χ0) is 10.7. The summed E-state index contributed by atoms with van der Waals surface area (Å²) in [5.41, 5.74) is 0. The maximum Gasteiger partial charge on any atom is 0.252 e. The lowest BCUT2D eigenvalue weighted by Gasteiger charge is -2.00. The molecule has 0 saturated heterocycles. The van der Waals surface area contributed by atoms with Gasteiger partial charge in [0.2, 0.25) is 0 Å². The van der Waals surface area contributed by atoms with Gasteiger partial charge in [0.25, 0.3) is 5.82 Å². The van der Waals surface area contributed by atoms with Crippen molar-refractivity contribution in [3.8, 4) is 6.07 Å². The van der Waals surface area contributed by atoms with Gasteiger partial charge < -0.3 is 4.57 Å². The van der Waals surface area contributed by atoms with Crippen LogP contribution in [0.3, 0.4) is 0 Å². The third kappa shape index (κ3) is 2.02. The van der Waals surface area contributed by atoms with Gasteiger partial charge >= 0.3 is 0 Å². The molecule has 2 aromatic rings. The van der Waals surface area contributed by atoms with Gasteiger partial charge in [-0.3, -0.25) is 4.68 Å². The molecule has 0 unspecified atom stereocenters. The fraction of sp³-hybridized carbons (Fsp3) is 0.333. The fourth-order valence-corrected chi connectivity index (χ4v) is 1.31. The highest BCUT2D eigenvalue weighted by Crippen LogP contribution is 1.97. The minimum absolute atomic E-state index is 0.204. The minimum atomic E-state index is 0.204. The van der Waals surface area contributed by atoms with Crippen molar-refractivity contribution in [3.63, 3.8) is 0 Å². The van der Waals surface area contributed by atoms with Crippen LogP contribution in [-0.4, -0.2) is 24.3 Å². The molecular weight excluding hydrogens is 192 g/mol. The number of nitriles is 1. The molecule has 0 aliphatic heterocycles. The SMILES string of the molecule is Cn1ccnc1CCn1cnc(C#N)n1. The van der Waals surface area contributed by atoms with E-state index in [-0.39, 0.29) is 5.82 Å². The maximum atomic E-state index is 8.54. The van der Waals surface area contributed by atoms with Crippen molar-refractivity contribution in [1.29, 1.82) is 5.26 Å². The molecule has 0 saturated carbocycles. The predicted molar refractivity (Wildman–Crippen MR) is 51.6 cm³/mol. The van der Waals surface area contributed by atoms with Gasteiger partial charge in [0.05, 0.1) is 0 Å². The molecule has 0 aromatic carbocycles. The fourth-order valence-electron chi connectivity index (χ4n) is 1.31. The van der Waals surface area contributed by atoms with Gasteiger partial charge in [-0.15, -0.1) is 5.10 Å². The smallest absolute Gasteiger partial charge is 0.252 e. The van der Waals surface area contributed by atoms with E-state index >= 15 is 0 Å². The molecule has 76 valence electrons. The van der Waals surface area contributed by atoms with E-state index in [1.807, 2.05) is 23.9 Å². The summed E-state index contributed by atoms with van der Waals surface area (Å²) in [7, 11) is 1.95. The summed E-state index contributed by atoms with van der Waals surface area (Å²) in [6.07, 6.45) is 5.99. The molecule has 6 heteroatoms. The highest BCUT2D eigenvalue weighted by molar-refractivity contribution is 5.05. The Balaban J connectivity index is 2.00. The van der Waals surface area contributed by atoms with Crippen molar-refractivity contribution < 1.29 is 0 Å². The third-order valence-corrected chi connectivity index (χ3v) is 2.12. The molecule has 2 heterocycles. The summed E-state index contributed by atoms with van der Waals surface area (Å²) >= 11 is 0. The Bertz CT molecular complexity index is 489. The number of hydrogen-bond donors (Lipinski definition) is 0. The van der Waals surface area contributed by atoms with Crippen LogP contribution in [0.4, 0.5) is 0 Å². The molecule has 0 radical (unpaired) electrons. The Morgan fingerprint density at radius 2 is 2.33 bits per heavy atom. The van der Waals surface area contributed by atoms with E-state index in [2.05, 4.69) is 15.1 Å². The summed E-state index contributed by atoms with van der Waals surface area (Å²) in [5.74, 6) is 1.19. The molecule has 0 spiro atoms. The van der Waals surface area contributed by atoms with Crippen molar-refractivity contribution in [3.05, 3.63) is 30.4 Å². The second-order valence-corrected chi connectivity index (χ2v) is 3.15. The van der Waals surface area contributed by atoms with E-state index in [0.717, 1.165) is 12.2 Å². The number of aromatic nitrogens is 5. The molecule has 0 fully saturated rings.